The van der Waals surface area contributed by atoms with Crippen LogP contribution in [-0.2, 0) is 18.4 Å². The molecule has 1 saturated heterocycles. The van der Waals surface area contributed by atoms with Crippen LogP contribution in [0.25, 0.3) is 0 Å². The Morgan fingerprint density at radius 3 is 2.52 bits per heavy atom. The van der Waals surface area contributed by atoms with Crippen molar-refractivity contribution in [2.24, 2.45) is 0 Å². The monoisotopic (exact) mass is 287 g/mol. The van der Waals surface area contributed by atoms with Gasteiger partial charge in [0, 0.05) is 37.4 Å². The fraction of sp³-hybridized carbons (Fsp3) is 0.722. The van der Waals surface area contributed by atoms with Crippen molar-refractivity contribution < 1.29 is 0 Å². The lowest BCUT2D eigenvalue weighted by atomic mass is 9.86. The molecule has 0 radical (unpaired) electrons. The quantitative estimate of drug-likeness (QED) is 0.792. The Morgan fingerprint density at radius 2 is 1.86 bits per heavy atom. The first-order valence-electron chi connectivity index (χ1n) is 8.34. The summed E-state index contributed by atoms with van der Waals surface area (Å²) >= 11 is 0. The van der Waals surface area contributed by atoms with E-state index in [4.69, 9.17) is 4.98 Å². The summed E-state index contributed by atoms with van der Waals surface area (Å²) < 4.78 is 0. The molecular weight excluding hydrogens is 258 g/mol. The Balaban J connectivity index is 1.75. The molecule has 3 heteroatoms. The van der Waals surface area contributed by atoms with Gasteiger partial charge in [0.05, 0.1) is 0 Å². The Morgan fingerprint density at radius 1 is 1.14 bits per heavy atom. The van der Waals surface area contributed by atoms with Crippen LogP contribution < -0.4 is 0 Å². The molecule has 3 nitrogen and oxygen atoms in total. The third-order valence-electron chi connectivity index (χ3n) is 5.14. The largest absolute Gasteiger partial charge is 0.306 e. The molecule has 0 N–H and O–H groups in total. The van der Waals surface area contributed by atoms with Crippen molar-refractivity contribution in [3.8, 4) is 0 Å². The van der Waals surface area contributed by atoms with Gasteiger partial charge in [0.2, 0.25) is 0 Å². The van der Waals surface area contributed by atoms with Crippen LogP contribution in [0.4, 0.5) is 0 Å². The summed E-state index contributed by atoms with van der Waals surface area (Å²) in [4.78, 5) is 9.89. The second kappa shape index (κ2) is 5.69. The number of nitrogens with zero attached hydrogens (tertiary/aromatic N) is 3. The molecule has 116 valence electrons. The van der Waals surface area contributed by atoms with E-state index in [1.807, 2.05) is 0 Å². The van der Waals surface area contributed by atoms with Crippen LogP contribution in [0.15, 0.2) is 12.3 Å². The molecule has 21 heavy (non-hydrogen) atoms. The molecular formula is C18H29N3. The lowest BCUT2D eigenvalue weighted by Gasteiger charge is -2.39. The standard InChI is InChI=1S/C18H29N3/c1-18(2,3)15-11-14-13-21(10-7-17(14)19-12-15)16-5-8-20(4)9-6-16/h11-12,16H,5-10,13H2,1-4H3. The molecule has 2 aliphatic heterocycles. The molecule has 2 aliphatic rings. The lowest BCUT2D eigenvalue weighted by molar-refractivity contribution is 0.109. The summed E-state index contributed by atoms with van der Waals surface area (Å²) in [6, 6.07) is 3.18. The molecule has 0 saturated carbocycles. The third-order valence-corrected chi connectivity index (χ3v) is 5.14. The van der Waals surface area contributed by atoms with Crippen LogP contribution >= 0.6 is 0 Å². The molecule has 0 atom stereocenters. The topological polar surface area (TPSA) is 19.4 Å². The summed E-state index contributed by atoms with van der Waals surface area (Å²) in [6.45, 7) is 11.6. The normalized spacial score (nSPS) is 22.3. The fourth-order valence-electron chi connectivity index (χ4n) is 3.53. The van der Waals surface area contributed by atoms with Gasteiger partial charge in [-0.3, -0.25) is 9.88 Å². The zero-order valence-corrected chi connectivity index (χ0v) is 14.0. The minimum atomic E-state index is 0.192. The number of rotatable bonds is 1. The van der Waals surface area contributed by atoms with Gasteiger partial charge in [0.15, 0.2) is 0 Å². The van der Waals surface area contributed by atoms with E-state index >= 15 is 0 Å². The van der Waals surface area contributed by atoms with E-state index in [0.29, 0.717) is 0 Å². The molecule has 1 aromatic rings. The van der Waals surface area contributed by atoms with Gasteiger partial charge in [-0.1, -0.05) is 26.8 Å². The van der Waals surface area contributed by atoms with Crippen molar-refractivity contribution in [2.75, 3.05) is 26.7 Å². The van der Waals surface area contributed by atoms with Gasteiger partial charge in [0.1, 0.15) is 0 Å². The van der Waals surface area contributed by atoms with Crippen molar-refractivity contribution in [3.63, 3.8) is 0 Å². The van der Waals surface area contributed by atoms with Crippen molar-refractivity contribution in [1.29, 1.82) is 0 Å². The zero-order chi connectivity index (χ0) is 15.0. The first kappa shape index (κ1) is 15.0. The van der Waals surface area contributed by atoms with E-state index in [9.17, 15) is 0 Å². The summed E-state index contributed by atoms with van der Waals surface area (Å²) in [5.41, 5.74) is 4.35. The molecule has 3 rings (SSSR count). The average molecular weight is 287 g/mol. The van der Waals surface area contributed by atoms with Gasteiger partial charge in [-0.15, -0.1) is 0 Å². The molecule has 0 bridgehead atoms. The lowest BCUT2D eigenvalue weighted by Crippen LogP contribution is -2.45. The summed E-state index contributed by atoms with van der Waals surface area (Å²) in [5, 5.41) is 0. The predicted molar refractivity (Wildman–Crippen MR) is 87.6 cm³/mol. The number of aromatic nitrogens is 1. The summed E-state index contributed by atoms with van der Waals surface area (Å²) in [5.74, 6) is 0. The molecule has 1 fully saturated rings. The van der Waals surface area contributed by atoms with Crippen molar-refractivity contribution in [2.45, 2.75) is 58.0 Å². The van der Waals surface area contributed by atoms with Gasteiger partial charge in [-0.25, -0.2) is 0 Å². The van der Waals surface area contributed by atoms with Crippen LogP contribution in [0.2, 0.25) is 0 Å². The molecule has 0 aromatic carbocycles. The van der Waals surface area contributed by atoms with Crippen molar-refractivity contribution >= 4 is 0 Å². The maximum Gasteiger partial charge on any atom is 0.0461 e. The van der Waals surface area contributed by atoms with Gasteiger partial charge in [-0.05, 0) is 49.5 Å². The maximum atomic E-state index is 4.74. The Labute approximate surface area is 129 Å². The number of hydrogen-bond acceptors (Lipinski definition) is 3. The molecule has 0 unspecified atom stereocenters. The number of piperidine rings is 1. The minimum Gasteiger partial charge on any atom is -0.306 e. The first-order chi connectivity index (χ1) is 9.93. The summed E-state index contributed by atoms with van der Waals surface area (Å²) in [6.07, 6.45) is 5.84. The van der Waals surface area contributed by atoms with E-state index in [1.165, 1.54) is 49.3 Å². The van der Waals surface area contributed by atoms with Gasteiger partial charge in [0.25, 0.3) is 0 Å². The smallest absolute Gasteiger partial charge is 0.0461 e. The Hall–Kier alpha value is -0.930. The second-order valence-corrected chi connectivity index (χ2v) is 7.83. The Bertz CT molecular complexity index is 496. The fourth-order valence-corrected chi connectivity index (χ4v) is 3.53. The molecule has 0 spiro atoms. The predicted octanol–water partition coefficient (Wildman–Crippen LogP) is 2.83. The van der Waals surface area contributed by atoms with Crippen molar-refractivity contribution in [1.82, 2.24) is 14.8 Å². The van der Waals surface area contributed by atoms with Gasteiger partial charge < -0.3 is 4.90 Å². The highest BCUT2D eigenvalue weighted by atomic mass is 15.2. The first-order valence-corrected chi connectivity index (χ1v) is 8.34. The van der Waals surface area contributed by atoms with E-state index in [1.54, 1.807) is 0 Å². The van der Waals surface area contributed by atoms with Gasteiger partial charge >= 0.3 is 0 Å². The molecule has 0 amide bonds. The minimum absolute atomic E-state index is 0.192. The number of fused-ring (bicyclic) bond motifs is 1. The van der Waals surface area contributed by atoms with Gasteiger partial charge in [-0.2, -0.15) is 0 Å². The average Bonchev–Trinajstić information content (AvgIpc) is 2.46. The van der Waals surface area contributed by atoms with Crippen LogP contribution in [0.3, 0.4) is 0 Å². The summed E-state index contributed by atoms with van der Waals surface area (Å²) in [7, 11) is 2.24. The van der Waals surface area contributed by atoms with Crippen molar-refractivity contribution in [3.05, 3.63) is 29.1 Å². The molecule has 3 heterocycles. The van der Waals surface area contributed by atoms with Crippen LogP contribution in [0.5, 0.6) is 0 Å². The number of pyridine rings is 1. The van der Waals surface area contributed by atoms with E-state index < -0.39 is 0 Å². The van der Waals surface area contributed by atoms with Crippen LogP contribution in [0.1, 0.15) is 50.4 Å². The van der Waals surface area contributed by atoms with E-state index in [0.717, 1.165) is 19.0 Å². The number of hydrogen-bond donors (Lipinski definition) is 0. The highest BCUT2D eigenvalue weighted by Crippen LogP contribution is 2.28. The van der Waals surface area contributed by atoms with Crippen LogP contribution in [-0.4, -0.2) is 47.5 Å². The molecule has 0 aliphatic carbocycles. The second-order valence-electron chi connectivity index (χ2n) is 7.83. The highest BCUT2D eigenvalue weighted by molar-refractivity contribution is 5.31. The molecule has 1 aromatic heterocycles. The van der Waals surface area contributed by atoms with E-state index in [2.05, 4.69) is 49.9 Å². The zero-order valence-electron chi connectivity index (χ0n) is 14.0. The SMILES string of the molecule is CN1CCC(N2CCc3ncc(C(C)(C)C)cc3C2)CC1. The third kappa shape index (κ3) is 3.29. The maximum absolute atomic E-state index is 4.74. The van der Waals surface area contributed by atoms with Crippen LogP contribution in [0, 0.1) is 0 Å². The Kier molecular flexibility index (Phi) is 4.06. The highest BCUT2D eigenvalue weighted by Gasteiger charge is 2.27. The van der Waals surface area contributed by atoms with E-state index in [-0.39, 0.29) is 5.41 Å². The number of likely N-dealkylation sites (tertiary alicyclic amines) is 1.